The maximum absolute atomic E-state index is 4.63. The molecule has 20 heavy (non-hydrogen) atoms. The number of hydrogen-bond acceptors (Lipinski definition) is 6. The Morgan fingerprint density at radius 1 is 1.40 bits per heavy atom. The zero-order chi connectivity index (χ0) is 14.1. The Morgan fingerprint density at radius 3 is 2.95 bits per heavy atom. The molecule has 108 valence electrons. The van der Waals surface area contributed by atoms with Crippen molar-refractivity contribution >= 4 is 16.7 Å². The van der Waals surface area contributed by atoms with E-state index in [-0.39, 0.29) is 6.04 Å². The molecule has 3 heterocycles. The van der Waals surface area contributed by atoms with Gasteiger partial charge in [-0.15, -0.1) is 0 Å². The Morgan fingerprint density at radius 2 is 2.25 bits per heavy atom. The minimum absolute atomic E-state index is 0.199. The van der Waals surface area contributed by atoms with Gasteiger partial charge < -0.3 is 5.32 Å². The third kappa shape index (κ3) is 2.54. The topological polar surface area (TPSA) is 68.5 Å². The second-order valence-electron chi connectivity index (χ2n) is 5.41. The van der Waals surface area contributed by atoms with E-state index < -0.39 is 0 Å². The van der Waals surface area contributed by atoms with Crippen LogP contribution in [-0.4, -0.2) is 24.1 Å². The van der Waals surface area contributed by atoms with Crippen molar-refractivity contribution in [2.24, 2.45) is 0 Å². The van der Waals surface area contributed by atoms with Gasteiger partial charge in [-0.2, -0.15) is 9.47 Å². The predicted molar refractivity (Wildman–Crippen MR) is 79.0 cm³/mol. The Bertz CT molecular complexity index is 587. The molecule has 0 aliphatic carbocycles. The lowest BCUT2D eigenvalue weighted by Crippen LogP contribution is -2.22. The molecule has 0 saturated carbocycles. The third-order valence-corrected chi connectivity index (χ3v) is 4.15. The number of nitrogens with one attached hydrogen (secondary N) is 1. The molecule has 0 saturated heterocycles. The standard InChI is InChI=1S/C13H20N6S/c1-4-10-15-12-9(6-5-7-19(12)17-10)14-13-16-11(8(2)3)18-20-13/h8-9H,4-7H2,1-3H3,(H,14,16,18). The van der Waals surface area contributed by atoms with Gasteiger partial charge in [-0.05, 0) is 12.8 Å². The van der Waals surface area contributed by atoms with E-state index in [0.717, 1.165) is 48.4 Å². The van der Waals surface area contributed by atoms with Crippen molar-refractivity contribution in [3.8, 4) is 0 Å². The molecule has 1 unspecified atom stereocenters. The van der Waals surface area contributed by atoms with Gasteiger partial charge in [0, 0.05) is 30.4 Å². The summed E-state index contributed by atoms with van der Waals surface area (Å²) in [6.45, 7) is 7.27. The highest BCUT2D eigenvalue weighted by atomic mass is 32.1. The summed E-state index contributed by atoms with van der Waals surface area (Å²) in [6.07, 6.45) is 3.06. The van der Waals surface area contributed by atoms with Crippen LogP contribution < -0.4 is 5.32 Å². The van der Waals surface area contributed by atoms with Gasteiger partial charge in [0.1, 0.15) is 11.6 Å². The molecular formula is C13H20N6S. The summed E-state index contributed by atoms with van der Waals surface area (Å²) in [4.78, 5) is 9.18. The van der Waals surface area contributed by atoms with Crippen LogP contribution in [0.5, 0.6) is 0 Å². The molecule has 0 bridgehead atoms. The summed E-state index contributed by atoms with van der Waals surface area (Å²) in [6, 6.07) is 0.199. The van der Waals surface area contributed by atoms with Crippen molar-refractivity contribution in [1.82, 2.24) is 24.1 Å². The summed E-state index contributed by atoms with van der Waals surface area (Å²) in [5, 5.41) is 8.88. The van der Waals surface area contributed by atoms with Crippen LogP contribution in [-0.2, 0) is 13.0 Å². The minimum atomic E-state index is 0.199. The van der Waals surface area contributed by atoms with Crippen molar-refractivity contribution in [1.29, 1.82) is 0 Å². The van der Waals surface area contributed by atoms with E-state index in [4.69, 9.17) is 0 Å². The monoisotopic (exact) mass is 292 g/mol. The first-order chi connectivity index (χ1) is 9.67. The van der Waals surface area contributed by atoms with Crippen molar-refractivity contribution < 1.29 is 0 Å². The van der Waals surface area contributed by atoms with Gasteiger partial charge in [0.15, 0.2) is 5.82 Å². The number of aryl methyl sites for hydroxylation is 2. The quantitative estimate of drug-likeness (QED) is 0.938. The fourth-order valence-corrected chi connectivity index (χ4v) is 3.12. The Labute approximate surface area is 122 Å². The number of hydrogen-bond donors (Lipinski definition) is 1. The van der Waals surface area contributed by atoms with E-state index in [2.05, 4.69) is 45.5 Å². The number of rotatable bonds is 4. The maximum atomic E-state index is 4.63. The molecule has 1 aliphatic heterocycles. The van der Waals surface area contributed by atoms with Crippen LogP contribution >= 0.6 is 11.5 Å². The first-order valence-corrected chi connectivity index (χ1v) is 7.98. The Balaban J connectivity index is 1.79. The number of nitrogens with zero attached hydrogens (tertiary/aromatic N) is 5. The van der Waals surface area contributed by atoms with Crippen molar-refractivity contribution in [2.75, 3.05) is 5.32 Å². The van der Waals surface area contributed by atoms with Gasteiger partial charge in [-0.25, -0.2) is 14.6 Å². The molecule has 0 spiro atoms. The first kappa shape index (κ1) is 13.5. The lowest BCUT2D eigenvalue weighted by Gasteiger charge is -2.22. The van der Waals surface area contributed by atoms with E-state index >= 15 is 0 Å². The molecule has 1 atom stereocenters. The average molecular weight is 292 g/mol. The lowest BCUT2D eigenvalue weighted by molar-refractivity contribution is 0.437. The summed E-state index contributed by atoms with van der Waals surface area (Å²) < 4.78 is 6.42. The minimum Gasteiger partial charge on any atom is -0.350 e. The Hall–Kier alpha value is -1.50. The summed E-state index contributed by atoms with van der Waals surface area (Å²) >= 11 is 1.43. The second-order valence-corrected chi connectivity index (χ2v) is 6.17. The summed E-state index contributed by atoms with van der Waals surface area (Å²) in [7, 11) is 0. The molecule has 2 aromatic rings. The molecule has 1 N–H and O–H groups in total. The van der Waals surface area contributed by atoms with E-state index in [9.17, 15) is 0 Å². The SMILES string of the molecule is CCc1nc2n(n1)CCCC2Nc1nc(C(C)C)ns1. The molecule has 6 nitrogen and oxygen atoms in total. The molecule has 0 aromatic carbocycles. The van der Waals surface area contributed by atoms with Crippen LogP contribution in [0.3, 0.4) is 0 Å². The third-order valence-electron chi connectivity index (χ3n) is 3.49. The van der Waals surface area contributed by atoms with Crippen LogP contribution in [0.15, 0.2) is 0 Å². The van der Waals surface area contributed by atoms with E-state index in [1.54, 1.807) is 0 Å². The molecule has 0 radical (unpaired) electrons. The molecule has 1 aliphatic rings. The van der Waals surface area contributed by atoms with Gasteiger partial charge in [0.05, 0.1) is 6.04 Å². The molecule has 0 amide bonds. The molecule has 0 fully saturated rings. The van der Waals surface area contributed by atoms with Crippen molar-refractivity contribution in [3.63, 3.8) is 0 Å². The van der Waals surface area contributed by atoms with E-state index in [0.29, 0.717) is 5.92 Å². The predicted octanol–water partition coefficient (Wildman–Crippen LogP) is 2.76. The average Bonchev–Trinajstić information content (AvgIpc) is 3.05. The fourth-order valence-electron chi connectivity index (χ4n) is 2.36. The van der Waals surface area contributed by atoms with Gasteiger partial charge in [-0.3, -0.25) is 0 Å². The van der Waals surface area contributed by atoms with Crippen molar-refractivity contribution in [2.45, 2.75) is 58.5 Å². The number of aromatic nitrogens is 5. The fraction of sp³-hybridized carbons (Fsp3) is 0.692. The molecule has 2 aromatic heterocycles. The molecule has 3 rings (SSSR count). The zero-order valence-electron chi connectivity index (χ0n) is 12.1. The largest absolute Gasteiger partial charge is 0.350 e. The van der Waals surface area contributed by atoms with E-state index in [1.807, 2.05) is 4.68 Å². The van der Waals surface area contributed by atoms with Crippen LogP contribution in [0.2, 0.25) is 0 Å². The van der Waals surface area contributed by atoms with Gasteiger partial charge in [0.2, 0.25) is 5.13 Å². The normalized spacial score (nSPS) is 18.3. The highest BCUT2D eigenvalue weighted by Gasteiger charge is 2.25. The van der Waals surface area contributed by atoms with E-state index in [1.165, 1.54) is 11.5 Å². The zero-order valence-corrected chi connectivity index (χ0v) is 12.9. The van der Waals surface area contributed by atoms with Gasteiger partial charge in [0.25, 0.3) is 0 Å². The van der Waals surface area contributed by atoms with Crippen molar-refractivity contribution in [3.05, 3.63) is 17.5 Å². The smallest absolute Gasteiger partial charge is 0.203 e. The highest BCUT2D eigenvalue weighted by molar-refractivity contribution is 7.09. The van der Waals surface area contributed by atoms with Gasteiger partial charge in [-0.1, -0.05) is 20.8 Å². The number of anilines is 1. The van der Waals surface area contributed by atoms with Crippen LogP contribution in [0.25, 0.3) is 0 Å². The molecule has 7 heteroatoms. The van der Waals surface area contributed by atoms with Crippen LogP contribution in [0.4, 0.5) is 5.13 Å². The van der Waals surface area contributed by atoms with Crippen LogP contribution in [0, 0.1) is 0 Å². The van der Waals surface area contributed by atoms with Gasteiger partial charge >= 0.3 is 0 Å². The number of fused-ring (bicyclic) bond motifs is 1. The summed E-state index contributed by atoms with van der Waals surface area (Å²) in [5.41, 5.74) is 0. The summed E-state index contributed by atoms with van der Waals surface area (Å²) in [5.74, 6) is 3.23. The maximum Gasteiger partial charge on any atom is 0.203 e. The lowest BCUT2D eigenvalue weighted by atomic mass is 10.1. The van der Waals surface area contributed by atoms with Crippen LogP contribution in [0.1, 0.15) is 63.0 Å². The Kier molecular flexibility index (Phi) is 3.69. The highest BCUT2D eigenvalue weighted by Crippen LogP contribution is 2.28. The second kappa shape index (κ2) is 5.47. The first-order valence-electron chi connectivity index (χ1n) is 7.21. The molecular weight excluding hydrogens is 272 g/mol.